The van der Waals surface area contributed by atoms with Crippen LogP contribution in [-0.2, 0) is 9.59 Å². The molecule has 4 rings (SSSR count). The minimum atomic E-state index is -0.763. The van der Waals surface area contributed by atoms with Gasteiger partial charge in [-0.3, -0.25) is 14.5 Å². The number of hydrogen-bond acceptors (Lipinski definition) is 4. The number of halogens is 1. The summed E-state index contributed by atoms with van der Waals surface area (Å²) in [5, 5.41) is 11.3. The molecule has 0 aliphatic carbocycles. The molecule has 0 bridgehead atoms. The Morgan fingerprint density at radius 3 is 2.36 bits per heavy atom. The summed E-state index contributed by atoms with van der Waals surface area (Å²) in [5.74, 6) is -0.698. The Labute approximate surface area is 201 Å². The van der Waals surface area contributed by atoms with Gasteiger partial charge >= 0.3 is 0 Å². The molecule has 1 aliphatic heterocycles. The van der Waals surface area contributed by atoms with E-state index in [4.69, 9.17) is 4.74 Å². The number of rotatable bonds is 6. The number of nitrogens with zero attached hydrogens (tertiary/aromatic N) is 1. The van der Waals surface area contributed by atoms with Crippen molar-refractivity contribution in [1.82, 2.24) is 0 Å². The van der Waals surface area contributed by atoms with E-state index < -0.39 is 17.7 Å². The van der Waals surface area contributed by atoms with E-state index in [9.17, 15) is 14.7 Å². The summed E-state index contributed by atoms with van der Waals surface area (Å²) in [6.45, 7) is 4.63. The summed E-state index contributed by atoms with van der Waals surface area (Å²) in [4.78, 5) is 27.8. The molecule has 5 nitrogen and oxygen atoms in total. The number of aliphatic hydroxyl groups excluding tert-OH is 1. The minimum absolute atomic E-state index is 0.0483. The number of para-hydroxylation sites is 1. The number of anilines is 1. The Balaban J connectivity index is 1.85. The average molecular weight is 506 g/mol. The summed E-state index contributed by atoms with van der Waals surface area (Å²) >= 11 is 3.43. The Hall–Kier alpha value is -3.38. The van der Waals surface area contributed by atoms with Crippen LogP contribution in [0.2, 0.25) is 0 Å². The van der Waals surface area contributed by atoms with E-state index in [1.165, 1.54) is 4.90 Å². The van der Waals surface area contributed by atoms with E-state index in [-0.39, 0.29) is 11.3 Å². The first-order chi connectivity index (χ1) is 15.9. The predicted octanol–water partition coefficient (Wildman–Crippen LogP) is 6.11. The van der Waals surface area contributed by atoms with Gasteiger partial charge in [0.25, 0.3) is 11.7 Å². The van der Waals surface area contributed by atoms with Gasteiger partial charge in [-0.25, -0.2) is 0 Å². The number of aliphatic hydroxyl groups is 1. The van der Waals surface area contributed by atoms with Crippen molar-refractivity contribution in [3.63, 3.8) is 0 Å². The van der Waals surface area contributed by atoms with Crippen LogP contribution in [0.5, 0.6) is 5.75 Å². The summed E-state index contributed by atoms with van der Waals surface area (Å²) in [5.41, 5.74) is 1.77. The SMILES string of the molecule is CC(C)COc1cccc(/C(O)=C2/C(=O)C(=O)N(c3ccccc3)C2c2ccc(Br)cc2)c1. The molecule has 0 spiro atoms. The highest BCUT2D eigenvalue weighted by molar-refractivity contribution is 9.10. The molecule has 1 amide bonds. The summed E-state index contributed by atoms with van der Waals surface area (Å²) in [7, 11) is 0. The van der Waals surface area contributed by atoms with Crippen LogP contribution < -0.4 is 9.64 Å². The van der Waals surface area contributed by atoms with Crippen LogP contribution in [0.25, 0.3) is 5.76 Å². The highest BCUT2D eigenvalue weighted by Crippen LogP contribution is 2.42. The third-order valence-electron chi connectivity index (χ3n) is 5.36. The molecule has 33 heavy (non-hydrogen) atoms. The molecular formula is C27H24BrNO4. The van der Waals surface area contributed by atoms with Gasteiger partial charge in [0.1, 0.15) is 11.5 Å². The van der Waals surface area contributed by atoms with Gasteiger partial charge in [-0.1, -0.05) is 72.2 Å². The Morgan fingerprint density at radius 1 is 1.00 bits per heavy atom. The normalized spacial score (nSPS) is 17.6. The lowest BCUT2D eigenvalue weighted by Crippen LogP contribution is -2.29. The third-order valence-corrected chi connectivity index (χ3v) is 5.88. The van der Waals surface area contributed by atoms with Gasteiger partial charge in [-0.05, 0) is 47.9 Å². The van der Waals surface area contributed by atoms with E-state index in [1.807, 2.05) is 56.3 Å². The van der Waals surface area contributed by atoms with Crippen molar-refractivity contribution in [2.45, 2.75) is 19.9 Å². The number of ether oxygens (including phenoxy) is 1. The topological polar surface area (TPSA) is 66.8 Å². The van der Waals surface area contributed by atoms with Gasteiger partial charge < -0.3 is 9.84 Å². The molecule has 0 saturated carbocycles. The molecule has 0 radical (unpaired) electrons. The van der Waals surface area contributed by atoms with Crippen molar-refractivity contribution in [1.29, 1.82) is 0 Å². The van der Waals surface area contributed by atoms with Crippen molar-refractivity contribution in [2.75, 3.05) is 11.5 Å². The van der Waals surface area contributed by atoms with Gasteiger partial charge in [0.2, 0.25) is 0 Å². The quantitative estimate of drug-likeness (QED) is 0.249. The lowest BCUT2D eigenvalue weighted by molar-refractivity contribution is -0.132. The molecule has 1 N–H and O–H groups in total. The zero-order valence-corrected chi connectivity index (χ0v) is 20.0. The maximum atomic E-state index is 13.2. The van der Waals surface area contributed by atoms with Crippen molar-refractivity contribution in [3.05, 3.63) is 100 Å². The molecular weight excluding hydrogens is 482 g/mol. The Kier molecular flexibility index (Phi) is 6.65. The molecule has 1 aliphatic rings. The molecule has 6 heteroatoms. The lowest BCUT2D eigenvalue weighted by atomic mass is 9.95. The highest BCUT2D eigenvalue weighted by Gasteiger charge is 2.46. The molecule has 1 atom stereocenters. The maximum Gasteiger partial charge on any atom is 0.300 e. The van der Waals surface area contributed by atoms with Crippen LogP contribution in [0.1, 0.15) is 31.0 Å². The van der Waals surface area contributed by atoms with Crippen molar-refractivity contribution in [2.24, 2.45) is 5.92 Å². The van der Waals surface area contributed by atoms with Crippen LogP contribution in [0.4, 0.5) is 5.69 Å². The van der Waals surface area contributed by atoms with E-state index in [0.717, 1.165) is 10.0 Å². The first-order valence-corrected chi connectivity index (χ1v) is 11.5. The smallest absolute Gasteiger partial charge is 0.300 e. The fourth-order valence-electron chi connectivity index (χ4n) is 3.80. The fraction of sp³-hybridized carbons (Fsp3) is 0.185. The van der Waals surface area contributed by atoms with Crippen molar-refractivity contribution in [3.8, 4) is 5.75 Å². The van der Waals surface area contributed by atoms with E-state index in [0.29, 0.717) is 29.5 Å². The second kappa shape index (κ2) is 9.63. The van der Waals surface area contributed by atoms with Gasteiger partial charge in [0, 0.05) is 15.7 Å². The highest BCUT2D eigenvalue weighted by atomic mass is 79.9. The van der Waals surface area contributed by atoms with Crippen LogP contribution in [0.15, 0.2) is 88.9 Å². The molecule has 1 fully saturated rings. The predicted molar refractivity (Wildman–Crippen MR) is 132 cm³/mol. The van der Waals surface area contributed by atoms with Crippen molar-refractivity contribution >= 4 is 39.1 Å². The lowest BCUT2D eigenvalue weighted by Gasteiger charge is -2.25. The molecule has 3 aromatic rings. The minimum Gasteiger partial charge on any atom is -0.507 e. The van der Waals surface area contributed by atoms with Gasteiger partial charge in [0.05, 0.1) is 18.2 Å². The zero-order chi connectivity index (χ0) is 23.5. The molecule has 1 saturated heterocycles. The summed E-state index contributed by atoms with van der Waals surface area (Å²) in [6.07, 6.45) is 0. The number of carbonyl (C=O) groups is 2. The number of ketones is 1. The Bertz CT molecular complexity index is 1200. The maximum absolute atomic E-state index is 13.2. The molecule has 168 valence electrons. The van der Waals surface area contributed by atoms with Gasteiger partial charge in [-0.15, -0.1) is 0 Å². The van der Waals surface area contributed by atoms with Crippen LogP contribution >= 0.6 is 15.9 Å². The molecule has 1 unspecified atom stereocenters. The van der Waals surface area contributed by atoms with E-state index >= 15 is 0 Å². The van der Waals surface area contributed by atoms with Crippen LogP contribution in [0, 0.1) is 5.92 Å². The van der Waals surface area contributed by atoms with E-state index in [2.05, 4.69) is 15.9 Å². The first kappa shape index (κ1) is 22.8. The van der Waals surface area contributed by atoms with Gasteiger partial charge in [0.15, 0.2) is 0 Å². The van der Waals surface area contributed by atoms with E-state index in [1.54, 1.807) is 36.4 Å². The second-order valence-corrected chi connectivity index (χ2v) is 9.20. The first-order valence-electron chi connectivity index (χ1n) is 10.7. The fourth-order valence-corrected chi connectivity index (χ4v) is 4.06. The summed E-state index contributed by atoms with van der Waals surface area (Å²) in [6, 6.07) is 22.6. The summed E-state index contributed by atoms with van der Waals surface area (Å²) < 4.78 is 6.66. The second-order valence-electron chi connectivity index (χ2n) is 8.29. The van der Waals surface area contributed by atoms with Gasteiger partial charge in [-0.2, -0.15) is 0 Å². The van der Waals surface area contributed by atoms with Crippen LogP contribution in [-0.4, -0.2) is 23.4 Å². The zero-order valence-electron chi connectivity index (χ0n) is 18.4. The molecule has 1 heterocycles. The average Bonchev–Trinajstić information content (AvgIpc) is 3.09. The standard InChI is InChI=1S/C27H24BrNO4/c1-17(2)16-33-22-10-6-7-19(15-22)25(30)23-24(18-11-13-20(28)14-12-18)29(27(32)26(23)31)21-8-4-3-5-9-21/h3-15,17,24,30H,16H2,1-2H3/b25-23-. The Morgan fingerprint density at radius 2 is 1.70 bits per heavy atom. The number of carbonyl (C=O) groups excluding carboxylic acids is 2. The molecule has 3 aromatic carbocycles. The number of amides is 1. The largest absolute Gasteiger partial charge is 0.507 e. The molecule has 0 aromatic heterocycles. The third kappa shape index (κ3) is 4.71. The monoisotopic (exact) mass is 505 g/mol. The van der Waals surface area contributed by atoms with Crippen LogP contribution in [0.3, 0.4) is 0 Å². The number of benzene rings is 3. The number of Topliss-reactive ketones (excluding diaryl/α,β-unsaturated/α-hetero) is 1. The van der Waals surface area contributed by atoms with Crippen molar-refractivity contribution < 1.29 is 19.4 Å². The number of hydrogen-bond donors (Lipinski definition) is 1.